The van der Waals surface area contributed by atoms with Crippen LogP contribution < -0.4 is 10.8 Å². The van der Waals surface area contributed by atoms with E-state index in [0.717, 1.165) is 11.1 Å². The molecule has 0 unspecified atom stereocenters. The molecule has 3 N–H and O–H groups in total. The molecule has 0 bridgehead atoms. The molecule has 21 heavy (non-hydrogen) atoms. The maximum absolute atomic E-state index is 12.1. The quantitative estimate of drug-likeness (QED) is 0.758. The largest absolute Gasteiger partial charge is 0.489 e. The highest BCUT2D eigenvalue weighted by Gasteiger charge is 2.17. The Morgan fingerprint density at radius 2 is 1.81 bits per heavy atom. The van der Waals surface area contributed by atoms with Gasteiger partial charge in [0.25, 0.3) is 5.91 Å². The third-order valence-electron chi connectivity index (χ3n) is 3.31. The maximum Gasteiger partial charge on any atom is 0.489 e. The number of carbonyl (C=O) groups excluding carboxylic acids is 1. The van der Waals surface area contributed by atoms with Crippen LogP contribution in [-0.4, -0.2) is 23.1 Å². The number of hydrogen-bond donors (Lipinski definition) is 3. The van der Waals surface area contributed by atoms with Gasteiger partial charge in [0.05, 0.1) is 0 Å². The van der Waals surface area contributed by atoms with Gasteiger partial charge in [-0.05, 0) is 49.2 Å². The molecule has 0 aliphatic carbocycles. The average molecular weight is 304 g/mol. The Kier molecular flexibility index (Phi) is 4.68. The molecule has 6 heteroatoms. The van der Waals surface area contributed by atoms with Crippen LogP contribution in [0.25, 0.3) is 0 Å². The standard InChI is InChI=1S/C15H15BClNO3/c1-9-3-5-12(7-10(9)2)18-15(19)11-4-6-13(16(20)21)14(17)8-11/h3-8,20-21H,1-2H3,(H,18,19). The Hall–Kier alpha value is -1.82. The molecule has 0 spiro atoms. The summed E-state index contributed by atoms with van der Waals surface area (Å²) in [6, 6.07) is 9.98. The molecular weight excluding hydrogens is 288 g/mol. The topological polar surface area (TPSA) is 69.6 Å². The van der Waals surface area contributed by atoms with Crippen molar-refractivity contribution in [1.29, 1.82) is 0 Å². The van der Waals surface area contributed by atoms with Crippen molar-refractivity contribution in [2.24, 2.45) is 0 Å². The van der Waals surface area contributed by atoms with E-state index in [0.29, 0.717) is 11.3 Å². The number of hydrogen-bond acceptors (Lipinski definition) is 3. The van der Waals surface area contributed by atoms with E-state index < -0.39 is 7.12 Å². The molecule has 0 saturated carbocycles. The van der Waals surface area contributed by atoms with Crippen LogP contribution in [0.4, 0.5) is 5.69 Å². The lowest BCUT2D eigenvalue weighted by Crippen LogP contribution is -2.31. The maximum atomic E-state index is 12.1. The molecule has 2 rings (SSSR count). The fraction of sp³-hybridized carbons (Fsp3) is 0.133. The number of carbonyl (C=O) groups is 1. The lowest BCUT2D eigenvalue weighted by atomic mass is 9.80. The van der Waals surface area contributed by atoms with Crippen LogP contribution in [0.1, 0.15) is 21.5 Å². The summed E-state index contributed by atoms with van der Waals surface area (Å²) in [5, 5.41) is 21.1. The van der Waals surface area contributed by atoms with Gasteiger partial charge in [-0.3, -0.25) is 4.79 Å². The zero-order valence-electron chi connectivity index (χ0n) is 11.7. The minimum Gasteiger partial charge on any atom is -0.423 e. The fourth-order valence-electron chi connectivity index (χ4n) is 1.90. The van der Waals surface area contributed by atoms with Crippen molar-refractivity contribution in [3.63, 3.8) is 0 Å². The zero-order valence-corrected chi connectivity index (χ0v) is 12.5. The Balaban J connectivity index is 2.20. The molecule has 0 aromatic heterocycles. The van der Waals surface area contributed by atoms with Crippen LogP contribution in [0.15, 0.2) is 36.4 Å². The number of anilines is 1. The normalized spacial score (nSPS) is 10.3. The van der Waals surface area contributed by atoms with E-state index in [2.05, 4.69) is 5.32 Å². The summed E-state index contributed by atoms with van der Waals surface area (Å²) in [6.45, 7) is 3.97. The van der Waals surface area contributed by atoms with Crippen molar-refractivity contribution >= 4 is 35.8 Å². The second-order valence-electron chi connectivity index (χ2n) is 4.86. The van der Waals surface area contributed by atoms with Crippen molar-refractivity contribution in [2.45, 2.75) is 13.8 Å². The van der Waals surface area contributed by atoms with Gasteiger partial charge in [0.15, 0.2) is 0 Å². The SMILES string of the molecule is Cc1ccc(NC(=O)c2ccc(B(O)O)c(Cl)c2)cc1C. The highest BCUT2D eigenvalue weighted by Crippen LogP contribution is 2.16. The Labute approximate surface area is 128 Å². The molecule has 0 heterocycles. The van der Waals surface area contributed by atoms with Gasteiger partial charge in [-0.2, -0.15) is 0 Å². The lowest BCUT2D eigenvalue weighted by molar-refractivity contribution is 0.102. The van der Waals surface area contributed by atoms with Gasteiger partial charge in [0.1, 0.15) is 0 Å². The Bertz CT molecular complexity index is 689. The molecule has 2 aromatic carbocycles. The van der Waals surface area contributed by atoms with Gasteiger partial charge in [0, 0.05) is 21.7 Å². The summed E-state index contributed by atoms with van der Waals surface area (Å²) in [6.07, 6.45) is 0. The van der Waals surface area contributed by atoms with Crippen molar-refractivity contribution in [2.75, 3.05) is 5.32 Å². The van der Waals surface area contributed by atoms with E-state index in [4.69, 9.17) is 21.6 Å². The molecule has 0 saturated heterocycles. The van der Waals surface area contributed by atoms with Gasteiger partial charge in [0.2, 0.25) is 0 Å². The molecule has 108 valence electrons. The number of amides is 1. The summed E-state index contributed by atoms with van der Waals surface area (Å²) in [5.74, 6) is -0.306. The van der Waals surface area contributed by atoms with E-state index in [1.165, 1.54) is 18.2 Å². The summed E-state index contributed by atoms with van der Waals surface area (Å²) in [5.41, 5.74) is 3.45. The second kappa shape index (κ2) is 6.31. The summed E-state index contributed by atoms with van der Waals surface area (Å²) in [4.78, 5) is 12.1. The molecular formula is C15H15BClNO3. The average Bonchev–Trinajstić information content (AvgIpc) is 2.42. The molecule has 0 aliphatic rings. The highest BCUT2D eigenvalue weighted by atomic mass is 35.5. The first-order chi connectivity index (χ1) is 9.88. The number of aryl methyl sites for hydroxylation is 2. The predicted molar refractivity (Wildman–Crippen MR) is 85.1 cm³/mol. The van der Waals surface area contributed by atoms with E-state index >= 15 is 0 Å². The first kappa shape index (κ1) is 15.6. The zero-order chi connectivity index (χ0) is 15.6. The van der Waals surface area contributed by atoms with Crippen LogP contribution in [0.5, 0.6) is 0 Å². The smallest absolute Gasteiger partial charge is 0.423 e. The molecule has 1 amide bonds. The fourth-order valence-corrected chi connectivity index (χ4v) is 2.18. The van der Waals surface area contributed by atoms with Crippen LogP contribution in [0, 0.1) is 13.8 Å². The summed E-state index contributed by atoms with van der Waals surface area (Å²) in [7, 11) is -1.66. The number of rotatable bonds is 3. The van der Waals surface area contributed by atoms with Crippen molar-refractivity contribution < 1.29 is 14.8 Å². The predicted octanol–water partition coefficient (Wildman–Crippen LogP) is 1.89. The highest BCUT2D eigenvalue weighted by molar-refractivity contribution is 6.62. The van der Waals surface area contributed by atoms with Gasteiger partial charge >= 0.3 is 7.12 Å². The molecule has 0 atom stereocenters. The van der Waals surface area contributed by atoms with E-state index in [9.17, 15) is 4.79 Å². The third kappa shape index (κ3) is 3.64. The van der Waals surface area contributed by atoms with Crippen LogP contribution in [0.3, 0.4) is 0 Å². The van der Waals surface area contributed by atoms with Crippen molar-refractivity contribution in [3.8, 4) is 0 Å². The first-order valence-electron chi connectivity index (χ1n) is 6.42. The number of halogens is 1. The summed E-state index contributed by atoms with van der Waals surface area (Å²) < 4.78 is 0. The van der Waals surface area contributed by atoms with Gasteiger partial charge in [-0.1, -0.05) is 23.7 Å². The van der Waals surface area contributed by atoms with Gasteiger partial charge < -0.3 is 15.4 Å². The molecule has 2 aromatic rings. The second-order valence-corrected chi connectivity index (χ2v) is 5.27. The third-order valence-corrected chi connectivity index (χ3v) is 3.63. The minimum absolute atomic E-state index is 0.137. The number of benzene rings is 2. The van der Waals surface area contributed by atoms with Crippen LogP contribution >= 0.6 is 11.6 Å². The monoisotopic (exact) mass is 303 g/mol. The minimum atomic E-state index is -1.66. The molecule has 0 aliphatic heterocycles. The van der Waals surface area contributed by atoms with Crippen LogP contribution in [0.2, 0.25) is 5.02 Å². The molecule has 0 radical (unpaired) electrons. The van der Waals surface area contributed by atoms with Gasteiger partial charge in [-0.15, -0.1) is 0 Å². The Morgan fingerprint density at radius 3 is 2.38 bits per heavy atom. The number of nitrogens with one attached hydrogen (secondary N) is 1. The van der Waals surface area contributed by atoms with E-state index in [1.807, 2.05) is 32.0 Å². The molecule has 0 fully saturated rings. The van der Waals surface area contributed by atoms with Crippen molar-refractivity contribution in [3.05, 3.63) is 58.1 Å². The Morgan fingerprint density at radius 1 is 1.10 bits per heavy atom. The van der Waals surface area contributed by atoms with Gasteiger partial charge in [-0.25, -0.2) is 0 Å². The lowest BCUT2D eigenvalue weighted by Gasteiger charge is -2.09. The first-order valence-corrected chi connectivity index (χ1v) is 6.80. The van der Waals surface area contributed by atoms with Crippen molar-refractivity contribution in [1.82, 2.24) is 0 Å². The van der Waals surface area contributed by atoms with E-state index in [-0.39, 0.29) is 16.4 Å². The van der Waals surface area contributed by atoms with E-state index in [1.54, 1.807) is 0 Å². The van der Waals surface area contributed by atoms with Crippen LogP contribution in [-0.2, 0) is 0 Å². The summed E-state index contributed by atoms with van der Waals surface area (Å²) >= 11 is 5.92. The molecule has 4 nitrogen and oxygen atoms in total.